The van der Waals surface area contributed by atoms with Crippen LogP contribution in [0.25, 0.3) is 11.1 Å². The van der Waals surface area contributed by atoms with Crippen molar-refractivity contribution in [1.29, 1.82) is 0 Å². The zero-order valence-corrected chi connectivity index (χ0v) is 12.6. The van der Waals surface area contributed by atoms with Gasteiger partial charge in [-0.2, -0.15) is 0 Å². The highest BCUT2D eigenvalue weighted by Gasteiger charge is 2.14. The van der Waals surface area contributed by atoms with Gasteiger partial charge in [-0.15, -0.1) is 0 Å². The Hall–Kier alpha value is -1.71. The van der Waals surface area contributed by atoms with Crippen molar-refractivity contribution in [3.8, 4) is 22.6 Å². The molecule has 1 atom stereocenters. The van der Waals surface area contributed by atoms with Gasteiger partial charge in [0, 0.05) is 11.1 Å². The Bertz CT molecular complexity index is 589. The van der Waals surface area contributed by atoms with Gasteiger partial charge >= 0.3 is 0 Å². The van der Waals surface area contributed by atoms with Crippen LogP contribution in [-0.4, -0.2) is 14.2 Å². The van der Waals surface area contributed by atoms with Gasteiger partial charge in [0.2, 0.25) is 0 Å². The number of nitrogens with two attached hydrogens (primary N) is 1. The van der Waals surface area contributed by atoms with E-state index >= 15 is 0 Å². The largest absolute Gasteiger partial charge is 0.496 e. The number of rotatable bonds is 4. The van der Waals surface area contributed by atoms with E-state index in [1.165, 1.54) is 0 Å². The molecule has 0 radical (unpaired) electrons. The molecule has 0 saturated heterocycles. The molecule has 2 N–H and O–H groups in total. The van der Waals surface area contributed by atoms with E-state index in [4.69, 9.17) is 26.8 Å². The lowest BCUT2D eigenvalue weighted by Gasteiger charge is -2.15. The zero-order chi connectivity index (χ0) is 14.7. The lowest BCUT2D eigenvalue weighted by atomic mass is 10.00. The average molecular weight is 292 g/mol. The summed E-state index contributed by atoms with van der Waals surface area (Å²) in [7, 11) is 3.27. The van der Waals surface area contributed by atoms with E-state index in [1.54, 1.807) is 14.2 Å². The van der Waals surface area contributed by atoms with Crippen molar-refractivity contribution >= 4 is 11.6 Å². The summed E-state index contributed by atoms with van der Waals surface area (Å²) < 4.78 is 10.8. The van der Waals surface area contributed by atoms with Gasteiger partial charge in [-0.1, -0.05) is 29.8 Å². The standard InChI is InChI=1S/C16H18ClNO2/c1-10(18)12-8-7-11(9-13(12)17)16-14(19-2)5-4-6-15(16)20-3/h4-10H,18H2,1-3H3. The second-order valence-electron chi connectivity index (χ2n) is 4.56. The lowest BCUT2D eigenvalue weighted by Crippen LogP contribution is -2.05. The number of hydrogen-bond donors (Lipinski definition) is 1. The molecule has 1 unspecified atom stereocenters. The number of methoxy groups -OCH3 is 2. The van der Waals surface area contributed by atoms with Gasteiger partial charge in [-0.3, -0.25) is 0 Å². The molecule has 0 aliphatic rings. The van der Waals surface area contributed by atoms with Crippen LogP contribution < -0.4 is 15.2 Å². The summed E-state index contributed by atoms with van der Waals surface area (Å²) in [6, 6.07) is 11.4. The third-order valence-electron chi connectivity index (χ3n) is 3.21. The normalized spacial score (nSPS) is 12.1. The van der Waals surface area contributed by atoms with Crippen molar-refractivity contribution in [3.63, 3.8) is 0 Å². The van der Waals surface area contributed by atoms with E-state index in [-0.39, 0.29) is 6.04 Å². The summed E-state index contributed by atoms with van der Waals surface area (Å²) in [4.78, 5) is 0. The Kier molecular flexibility index (Phi) is 4.53. The van der Waals surface area contributed by atoms with E-state index in [1.807, 2.05) is 43.3 Å². The Morgan fingerprint density at radius 3 is 2.10 bits per heavy atom. The molecule has 4 heteroatoms. The van der Waals surface area contributed by atoms with Crippen LogP contribution in [0, 0.1) is 0 Å². The first-order valence-electron chi connectivity index (χ1n) is 6.35. The second kappa shape index (κ2) is 6.16. The smallest absolute Gasteiger partial charge is 0.130 e. The highest BCUT2D eigenvalue weighted by Crippen LogP contribution is 2.39. The molecule has 0 heterocycles. The van der Waals surface area contributed by atoms with Gasteiger partial charge in [0.1, 0.15) is 11.5 Å². The molecule has 0 aromatic heterocycles. The first-order valence-corrected chi connectivity index (χ1v) is 6.72. The molecule has 0 aliphatic heterocycles. The molecule has 0 bridgehead atoms. The SMILES string of the molecule is COc1cccc(OC)c1-c1ccc(C(C)N)c(Cl)c1. The summed E-state index contributed by atoms with van der Waals surface area (Å²) in [5, 5.41) is 0.644. The van der Waals surface area contributed by atoms with Crippen LogP contribution in [0.4, 0.5) is 0 Å². The number of ether oxygens (including phenoxy) is 2. The topological polar surface area (TPSA) is 44.5 Å². The van der Waals surface area contributed by atoms with Crippen molar-refractivity contribution in [3.05, 3.63) is 47.0 Å². The predicted octanol–water partition coefficient (Wildman–Crippen LogP) is 4.04. The van der Waals surface area contributed by atoms with Crippen LogP contribution in [0.1, 0.15) is 18.5 Å². The number of hydrogen-bond acceptors (Lipinski definition) is 3. The van der Waals surface area contributed by atoms with Crippen LogP contribution in [0.5, 0.6) is 11.5 Å². The molecule has 3 nitrogen and oxygen atoms in total. The molecule has 20 heavy (non-hydrogen) atoms. The molecule has 0 saturated carbocycles. The van der Waals surface area contributed by atoms with Crippen molar-refractivity contribution in [2.75, 3.05) is 14.2 Å². The van der Waals surface area contributed by atoms with Crippen LogP contribution in [-0.2, 0) is 0 Å². The summed E-state index contributed by atoms with van der Waals surface area (Å²) in [5.41, 5.74) is 8.63. The fourth-order valence-electron chi connectivity index (χ4n) is 2.19. The minimum absolute atomic E-state index is 0.101. The van der Waals surface area contributed by atoms with Gasteiger partial charge < -0.3 is 15.2 Å². The quantitative estimate of drug-likeness (QED) is 0.924. The van der Waals surface area contributed by atoms with E-state index < -0.39 is 0 Å². The highest BCUT2D eigenvalue weighted by atomic mass is 35.5. The first kappa shape index (κ1) is 14.7. The van der Waals surface area contributed by atoms with E-state index in [0.29, 0.717) is 5.02 Å². The molecular weight excluding hydrogens is 274 g/mol. The maximum Gasteiger partial charge on any atom is 0.130 e. The Labute approximate surface area is 124 Å². The maximum absolute atomic E-state index is 6.30. The average Bonchev–Trinajstić information content (AvgIpc) is 2.45. The first-order chi connectivity index (χ1) is 9.58. The lowest BCUT2D eigenvalue weighted by molar-refractivity contribution is 0.397. The van der Waals surface area contributed by atoms with Crippen LogP contribution in [0.2, 0.25) is 5.02 Å². The molecule has 2 aromatic rings. The monoisotopic (exact) mass is 291 g/mol. The summed E-state index contributed by atoms with van der Waals surface area (Å²) in [5.74, 6) is 1.49. The van der Waals surface area contributed by atoms with Crippen molar-refractivity contribution in [1.82, 2.24) is 0 Å². The van der Waals surface area contributed by atoms with Gasteiger partial charge in [0.15, 0.2) is 0 Å². The molecule has 0 aliphatic carbocycles. The van der Waals surface area contributed by atoms with Gasteiger partial charge in [-0.25, -0.2) is 0 Å². The fourth-order valence-corrected chi connectivity index (χ4v) is 2.54. The van der Waals surface area contributed by atoms with E-state index in [2.05, 4.69) is 0 Å². The summed E-state index contributed by atoms with van der Waals surface area (Å²) in [6.45, 7) is 1.91. The number of halogens is 1. The van der Waals surface area contributed by atoms with Gasteiger partial charge in [0.05, 0.1) is 19.8 Å². The molecule has 2 rings (SSSR count). The fraction of sp³-hybridized carbons (Fsp3) is 0.250. The highest BCUT2D eigenvalue weighted by molar-refractivity contribution is 6.31. The van der Waals surface area contributed by atoms with Crippen LogP contribution in [0.3, 0.4) is 0 Å². The van der Waals surface area contributed by atoms with Crippen LogP contribution in [0.15, 0.2) is 36.4 Å². The molecular formula is C16H18ClNO2. The van der Waals surface area contributed by atoms with Crippen molar-refractivity contribution in [2.45, 2.75) is 13.0 Å². The summed E-state index contributed by atoms with van der Waals surface area (Å²) in [6.07, 6.45) is 0. The minimum Gasteiger partial charge on any atom is -0.496 e. The Morgan fingerprint density at radius 2 is 1.65 bits per heavy atom. The van der Waals surface area contributed by atoms with Crippen LogP contribution >= 0.6 is 11.6 Å². The maximum atomic E-state index is 6.30. The zero-order valence-electron chi connectivity index (χ0n) is 11.8. The van der Waals surface area contributed by atoms with E-state index in [0.717, 1.165) is 28.2 Å². The Morgan fingerprint density at radius 1 is 1.05 bits per heavy atom. The third kappa shape index (κ3) is 2.74. The number of benzene rings is 2. The second-order valence-corrected chi connectivity index (χ2v) is 4.97. The molecule has 2 aromatic carbocycles. The van der Waals surface area contributed by atoms with E-state index in [9.17, 15) is 0 Å². The van der Waals surface area contributed by atoms with Crippen molar-refractivity contribution in [2.24, 2.45) is 5.73 Å². The molecule has 0 amide bonds. The summed E-state index contributed by atoms with van der Waals surface area (Å²) >= 11 is 6.30. The molecule has 0 fully saturated rings. The van der Waals surface area contributed by atoms with Crippen molar-refractivity contribution < 1.29 is 9.47 Å². The predicted molar refractivity (Wildman–Crippen MR) is 82.6 cm³/mol. The third-order valence-corrected chi connectivity index (χ3v) is 3.53. The van der Waals surface area contributed by atoms with Gasteiger partial charge in [0.25, 0.3) is 0 Å². The minimum atomic E-state index is -0.101. The van der Waals surface area contributed by atoms with Gasteiger partial charge in [-0.05, 0) is 36.2 Å². The molecule has 0 spiro atoms. The Balaban J connectivity index is 2.59. The molecule has 106 valence electrons.